The Morgan fingerprint density at radius 2 is 2.40 bits per heavy atom. The highest BCUT2D eigenvalue weighted by Crippen LogP contribution is 2.30. The Kier molecular flexibility index (Phi) is 2.62. The van der Waals surface area contributed by atoms with Gasteiger partial charge in [0.2, 0.25) is 0 Å². The van der Waals surface area contributed by atoms with Crippen molar-refractivity contribution >= 4 is 11.7 Å². The van der Waals surface area contributed by atoms with Crippen molar-refractivity contribution in [1.82, 2.24) is 0 Å². The molecule has 1 aliphatic rings. The summed E-state index contributed by atoms with van der Waals surface area (Å²) in [4.78, 5) is 10.5. The third-order valence-corrected chi connectivity index (χ3v) is 2.76. The maximum Gasteiger partial charge on any atom is 0.303 e. The van der Waals surface area contributed by atoms with E-state index in [0.29, 0.717) is 12.5 Å². The van der Waals surface area contributed by atoms with E-state index in [2.05, 4.69) is 18.3 Å². The Morgan fingerprint density at radius 3 is 3.13 bits per heavy atom. The van der Waals surface area contributed by atoms with Crippen LogP contribution in [0.2, 0.25) is 0 Å². The smallest absolute Gasteiger partial charge is 0.303 e. The summed E-state index contributed by atoms with van der Waals surface area (Å²) in [5.74, 6) is -0.737. The lowest BCUT2D eigenvalue weighted by atomic mass is 10.0. The second-order valence-electron chi connectivity index (χ2n) is 4.09. The molecular formula is C12H15NO2. The first-order chi connectivity index (χ1) is 7.16. The Labute approximate surface area is 89.1 Å². The molecule has 0 aliphatic carbocycles. The van der Waals surface area contributed by atoms with E-state index in [-0.39, 0.29) is 6.42 Å². The van der Waals surface area contributed by atoms with Gasteiger partial charge in [0, 0.05) is 18.2 Å². The molecule has 3 heteroatoms. The van der Waals surface area contributed by atoms with Gasteiger partial charge in [-0.15, -0.1) is 0 Å². The van der Waals surface area contributed by atoms with Gasteiger partial charge in [-0.3, -0.25) is 4.79 Å². The molecule has 0 saturated carbocycles. The van der Waals surface area contributed by atoms with E-state index < -0.39 is 5.97 Å². The molecule has 1 heterocycles. The minimum absolute atomic E-state index is 0.201. The van der Waals surface area contributed by atoms with Gasteiger partial charge in [-0.25, -0.2) is 0 Å². The second kappa shape index (κ2) is 3.93. The number of anilines is 1. The summed E-state index contributed by atoms with van der Waals surface area (Å²) in [7, 11) is 0. The maximum absolute atomic E-state index is 10.5. The van der Waals surface area contributed by atoms with E-state index in [1.165, 1.54) is 5.56 Å². The predicted molar refractivity (Wildman–Crippen MR) is 59.2 cm³/mol. The summed E-state index contributed by atoms with van der Waals surface area (Å²) in [6, 6.07) is 6.59. The van der Waals surface area contributed by atoms with Crippen LogP contribution in [0.25, 0.3) is 0 Å². The van der Waals surface area contributed by atoms with Crippen LogP contribution in [0.5, 0.6) is 0 Å². The zero-order valence-corrected chi connectivity index (χ0v) is 8.79. The molecule has 2 N–H and O–H groups in total. The fourth-order valence-corrected chi connectivity index (χ4v) is 2.09. The number of aliphatic carboxylic acids is 1. The van der Waals surface area contributed by atoms with E-state index in [1.807, 2.05) is 12.1 Å². The first kappa shape index (κ1) is 10.0. The molecule has 1 unspecified atom stereocenters. The molecule has 0 fully saturated rings. The summed E-state index contributed by atoms with van der Waals surface area (Å²) in [5.41, 5.74) is 3.59. The number of hydrogen-bond donors (Lipinski definition) is 2. The lowest BCUT2D eigenvalue weighted by Crippen LogP contribution is -2.09. The lowest BCUT2D eigenvalue weighted by molar-refractivity contribution is -0.136. The quantitative estimate of drug-likeness (QED) is 0.794. The van der Waals surface area contributed by atoms with Crippen LogP contribution in [-0.4, -0.2) is 17.1 Å². The number of rotatable bonds is 3. The maximum atomic E-state index is 10.5. The molecule has 2 rings (SSSR count). The third kappa shape index (κ3) is 2.12. The van der Waals surface area contributed by atoms with Crippen LogP contribution < -0.4 is 5.32 Å². The first-order valence-corrected chi connectivity index (χ1v) is 5.26. The van der Waals surface area contributed by atoms with Gasteiger partial charge < -0.3 is 10.4 Å². The van der Waals surface area contributed by atoms with Gasteiger partial charge in [0.15, 0.2) is 0 Å². The normalized spacial score (nSPS) is 18.3. The highest BCUT2D eigenvalue weighted by molar-refractivity contribution is 5.69. The fraction of sp³-hybridized carbons (Fsp3) is 0.417. The number of para-hydroxylation sites is 1. The molecule has 1 aliphatic heterocycles. The zero-order chi connectivity index (χ0) is 10.8. The van der Waals surface area contributed by atoms with E-state index in [4.69, 9.17) is 5.11 Å². The standard InChI is InChI=1S/C12H15NO2/c1-8-7-10-4-2-3-9(12(10)13-8)5-6-11(14)15/h2-4,8,13H,5-7H2,1H3,(H,14,15). The number of aryl methyl sites for hydroxylation is 1. The topological polar surface area (TPSA) is 49.3 Å². The first-order valence-electron chi connectivity index (χ1n) is 5.26. The van der Waals surface area contributed by atoms with Crippen LogP contribution in [0.4, 0.5) is 5.69 Å². The SMILES string of the molecule is CC1Cc2cccc(CCC(=O)O)c2N1. The van der Waals surface area contributed by atoms with Crippen molar-refractivity contribution in [2.45, 2.75) is 32.2 Å². The van der Waals surface area contributed by atoms with E-state index in [0.717, 1.165) is 17.7 Å². The highest BCUT2D eigenvalue weighted by atomic mass is 16.4. The summed E-state index contributed by atoms with van der Waals surface area (Å²) < 4.78 is 0. The van der Waals surface area contributed by atoms with Crippen LogP contribution in [0.1, 0.15) is 24.5 Å². The largest absolute Gasteiger partial charge is 0.481 e. The minimum atomic E-state index is -0.737. The van der Waals surface area contributed by atoms with E-state index in [9.17, 15) is 4.79 Å². The van der Waals surface area contributed by atoms with Crippen LogP contribution in [0, 0.1) is 0 Å². The molecule has 0 amide bonds. The zero-order valence-electron chi connectivity index (χ0n) is 8.79. The van der Waals surface area contributed by atoms with Gasteiger partial charge in [-0.05, 0) is 30.9 Å². The Bertz CT molecular complexity index is 387. The van der Waals surface area contributed by atoms with Crippen LogP contribution >= 0.6 is 0 Å². The van der Waals surface area contributed by atoms with Crippen molar-refractivity contribution in [2.24, 2.45) is 0 Å². The average molecular weight is 205 g/mol. The summed E-state index contributed by atoms with van der Waals surface area (Å²) in [5, 5.41) is 12.1. The third-order valence-electron chi connectivity index (χ3n) is 2.76. The second-order valence-corrected chi connectivity index (χ2v) is 4.09. The number of benzene rings is 1. The van der Waals surface area contributed by atoms with E-state index in [1.54, 1.807) is 0 Å². The number of fused-ring (bicyclic) bond motifs is 1. The van der Waals surface area contributed by atoms with Crippen molar-refractivity contribution < 1.29 is 9.90 Å². The molecular weight excluding hydrogens is 190 g/mol. The fourth-order valence-electron chi connectivity index (χ4n) is 2.09. The molecule has 0 bridgehead atoms. The van der Waals surface area contributed by atoms with Gasteiger partial charge in [0.05, 0.1) is 0 Å². The molecule has 1 aromatic rings. The van der Waals surface area contributed by atoms with Gasteiger partial charge >= 0.3 is 5.97 Å². The molecule has 15 heavy (non-hydrogen) atoms. The van der Waals surface area contributed by atoms with Gasteiger partial charge in [0.1, 0.15) is 0 Å². The van der Waals surface area contributed by atoms with Crippen molar-refractivity contribution in [1.29, 1.82) is 0 Å². The molecule has 80 valence electrons. The Morgan fingerprint density at radius 1 is 1.60 bits per heavy atom. The van der Waals surface area contributed by atoms with Crippen LogP contribution in [0.3, 0.4) is 0 Å². The van der Waals surface area contributed by atoms with Crippen molar-refractivity contribution in [3.05, 3.63) is 29.3 Å². The monoisotopic (exact) mass is 205 g/mol. The predicted octanol–water partition coefficient (Wildman–Crippen LogP) is 2.06. The van der Waals surface area contributed by atoms with Crippen LogP contribution in [0.15, 0.2) is 18.2 Å². The molecule has 0 spiro atoms. The Hall–Kier alpha value is -1.51. The number of hydrogen-bond acceptors (Lipinski definition) is 2. The summed E-state index contributed by atoms with van der Waals surface area (Å²) in [6.07, 6.45) is 1.85. The van der Waals surface area contributed by atoms with Gasteiger partial charge in [0.25, 0.3) is 0 Å². The average Bonchev–Trinajstić information content (AvgIpc) is 2.55. The highest BCUT2D eigenvalue weighted by Gasteiger charge is 2.19. The number of nitrogens with one attached hydrogen (secondary N) is 1. The van der Waals surface area contributed by atoms with E-state index >= 15 is 0 Å². The number of carboxylic acid groups (broad SMARTS) is 1. The van der Waals surface area contributed by atoms with Crippen molar-refractivity contribution in [2.75, 3.05) is 5.32 Å². The van der Waals surface area contributed by atoms with Gasteiger partial charge in [-0.1, -0.05) is 18.2 Å². The molecule has 1 aromatic carbocycles. The van der Waals surface area contributed by atoms with Gasteiger partial charge in [-0.2, -0.15) is 0 Å². The van der Waals surface area contributed by atoms with Crippen LogP contribution in [-0.2, 0) is 17.6 Å². The lowest BCUT2D eigenvalue weighted by Gasteiger charge is -2.08. The number of carboxylic acids is 1. The Balaban J connectivity index is 2.19. The molecule has 0 aromatic heterocycles. The minimum Gasteiger partial charge on any atom is -0.481 e. The van der Waals surface area contributed by atoms with Crippen molar-refractivity contribution in [3.8, 4) is 0 Å². The summed E-state index contributed by atoms with van der Waals surface area (Å²) in [6.45, 7) is 2.14. The molecule has 1 atom stereocenters. The number of carbonyl (C=O) groups is 1. The molecule has 3 nitrogen and oxygen atoms in total. The summed E-state index contributed by atoms with van der Waals surface area (Å²) >= 11 is 0. The molecule has 0 radical (unpaired) electrons. The van der Waals surface area contributed by atoms with Crippen molar-refractivity contribution in [3.63, 3.8) is 0 Å². The molecule has 0 saturated heterocycles.